The van der Waals surface area contributed by atoms with Gasteiger partial charge in [0.2, 0.25) is 0 Å². The van der Waals surface area contributed by atoms with Gasteiger partial charge in [0.15, 0.2) is 4.84 Å². The number of alkyl halides is 2. The van der Waals surface area contributed by atoms with Crippen molar-refractivity contribution in [3.63, 3.8) is 0 Å². The van der Waals surface area contributed by atoms with Crippen LogP contribution in [0.25, 0.3) is 11.3 Å². The van der Waals surface area contributed by atoms with Crippen molar-refractivity contribution in [3.05, 3.63) is 48.7 Å². The molecule has 0 aliphatic heterocycles. The van der Waals surface area contributed by atoms with Crippen LogP contribution < -0.4 is 5.32 Å². The Balaban J connectivity index is 2.23. The third-order valence-corrected chi connectivity index (χ3v) is 2.69. The minimum absolute atomic E-state index is 0.448. The summed E-state index contributed by atoms with van der Waals surface area (Å²) < 4.78 is 0. The van der Waals surface area contributed by atoms with Crippen molar-refractivity contribution in [1.29, 1.82) is 0 Å². The van der Waals surface area contributed by atoms with Crippen LogP contribution in [0.2, 0.25) is 0 Å². The van der Waals surface area contributed by atoms with Crippen molar-refractivity contribution in [1.82, 2.24) is 4.98 Å². The van der Waals surface area contributed by atoms with Gasteiger partial charge in [0.25, 0.3) is 5.91 Å². The number of aromatic nitrogens is 1. The maximum Gasteiger partial charge on any atom is 0.257 e. The van der Waals surface area contributed by atoms with Gasteiger partial charge in [-0.3, -0.25) is 9.78 Å². The van der Waals surface area contributed by atoms with Gasteiger partial charge in [-0.15, -0.1) is 0 Å². The Morgan fingerprint density at radius 1 is 1.17 bits per heavy atom. The minimum atomic E-state index is -1.08. The summed E-state index contributed by atoms with van der Waals surface area (Å²) in [5.74, 6) is -0.448. The molecule has 1 aromatic heterocycles. The monoisotopic (exact) mass is 280 g/mol. The maximum absolute atomic E-state index is 11.4. The minimum Gasteiger partial charge on any atom is -0.324 e. The molecule has 0 unspecified atom stereocenters. The van der Waals surface area contributed by atoms with Crippen molar-refractivity contribution in [2.75, 3.05) is 5.32 Å². The van der Waals surface area contributed by atoms with E-state index in [2.05, 4.69) is 10.3 Å². The quantitative estimate of drug-likeness (QED) is 0.875. The fraction of sp³-hybridized carbons (Fsp3) is 0.0769. The molecule has 92 valence electrons. The zero-order valence-corrected chi connectivity index (χ0v) is 10.8. The van der Waals surface area contributed by atoms with E-state index in [0.717, 1.165) is 11.3 Å². The van der Waals surface area contributed by atoms with Crippen LogP contribution >= 0.6 is 23.2 Å². The van der Waals surface area contributed by atoms with Crippen LogP contribution in [0.4, 0.5) is 5.69 Å². The maximum atomic E-state index is 11.4. The predicted molar refractivity (Wildman–Crippen MR) is 73.8 cm³/mol. The first kappa shape index (κ1) is 12.9. The van der Waals surface area contributed by atoms with Crippen LogP contribution in [0.1, 0.15) is 0 Å². The fourth-order valence-electron chi connectivity index (χ4n) is 1.49. The Hall–Kier alpha value is -1.58. The number of rotatable bonds is 3. The first-order valence-corrected chi connectivity index (χ1v) is 6.14. The zero-order valence-electron chi connectivity index (χ0n) is 9.31. The summed E-state index contributed by atoms with van der Waals surface area (Å²) in [6, 6.07) is 13.0. The molecule has 0 saturated heterocycles. The summed E-state index contributed by atoms with van der Waals surface area (Å²) in [7, 11) is 0. The Labute approximate surface area is 115 Å². The molecule has 0 aliphatic carbocycles. The summed E-state index contributed by atoms with van der Waals surface area (Å²) in [4.78, 5) is 14.5. The first-order valence-electron chi connectivity index (χ1n) is 5.27. The van der Waals surface area contributed by atoms with Crippen molar-refractivity contribution >= 4 is 34.8 Å². The second-order valence-electron chi connectivity index (χ2n) is 3.59. The van der Waals surface area contributed by atoms with Crippen LogP contribution in [-0.4, -0.2) is 15.7 Å². The molecule has 1 heterocycles. The predicted octanol–water partition coefficient (Wildman–Crippen LogP) is 3.49. The number of amides is 1. The lowest BCUT2D eigenvalue weighted by molar-refractivity contribution is -0.114. The molecule has 1 aromatic carbocycles. The van der Waals surface area contributed by atoms with E-state index in [9.17, 15) is 4.79 Å². The lowest BCUT2D eigenvalue weighted by atomic mass is 10.1. The van der Waals surface area contributed by atoms with Crippen LogP contribution in [0, 0.1) is 0 Å². The third kappa shape index (κ3) is 3.22. The Morgan fingerprint density at radius 3 is 2.67 bits per heavy atom. The summed E-state index contributed by atoms with van der Waals surface area (Å²) in [5.41, 5.74) is 2.38. The summed E-state index contributed by atoms with van der Waals surface area (Å²) >= 11 is 11.0. The molecule has 1 amide bonds. The van der Waals surface area contributed by atoms with Gasteiger partial charge in [0.05, 0.1) is 5.69 Å². The molecule has 1 N–H and O–H groups in total. The molecule has 5 heteroatoms. The van der Waals surface area contributed by atoms with Gasteiger partial charge < -0.3 is 5.32 Å². The van der Waals surface area contributed by atoms with Crippen molar-refractivity contribution in [2.24, 2.45) is 0 Å². The first-order chi connectivity index (χ1) is 8.66. The molecule has 0 radical (unpaired) electrons. The number of carbonyl (C=O) groups is 1. The average Bonchev–Trinajstić information content (AvgIpc) is 2.40. The SMILES string of the molecule is O=C(Nc1cccc(-c2ccccn2)c1)C(Cl)Cl. The number of hydrogen-bond donors (Lipinski definition) is 1. The second kappa shape index (κ2) is 5.85. The highest BCUT2D eigenvalue weighted by molar-refractivity contribution is 6.54. The molecule has 0 aliphatic rings. The van der Waals surface area contributed by atoms with E-state index in [1.165, 1.54) is 0 Å². The topological polar surface area (TPSA) is 42.0 Å². The van der Waals surface area contributed by atoms with Crippen LogP contribution in [-0.2, 0) is 4.79 Å². The van der Waals surface area contributed by atoms with E-state index in [0.29, 0.717) is 5.69 Å². The molecule has 18 heavy (non-hydrogen) atoms. The van der Waals surface area contributed by atoms with Gasteiger partial charge in [-0.2, -0.15) is 0 Å². The van der Waals surface area contributed by atoms with Gasteiger partial charge >= 0.3 is 0 Å². The molecular weight excluding hydrogens is 271 g/mol. The van der Waals surface area contributed by atoms with E-state index in [1.54, 1.807) is 12.3 Å². The second-order valence-corrected chi connectivity index (χ2v) is 4.68. The number of halogens is 2. The van der Waals surface area contributed by atoms with Gasteiger partial charge in [-0.25, -0.2) is 0 Å². The normalized spacial score (nSPS) is 10.4. The molecule has 3 nitrogen and oxygen atoms in total. The van der Waals surface area contributed by atoms with Crippen molar-refractivity contribution < 1.29 is 4.79 Å². The molecule has 0 bridgehead atoms. The van der Waals surface area contributed by atoms with Crippen LogP contribution in [0.15, 0.2) is 48.7 Å². The highest BCUT2D eigenvalue weighted by Gasteiger charge is 2.11. The summed E-state index contributed by atoms with van der Waals surface area (Å²) in [5, 5.41) is 2.62. The van der Waals surface area contributed by atoms with Crippen molar-refractivity contribution in [3.8, 4) is 11.3 Å². The number of carbonyl (C=O) groups excluding carboxylic acids is 1. The standard InChI is InChI=1S/C13H10Cl2N2O/c14-12(15)13(18)17-10-5-3-4-9(8-10)11-6-1-2-7-16-11/h1-8,12H,(H,17,18). The van der Waals surface area contributed by atoms with Gasteiger partial charge in [0, 0.05) is 17.4 Å². The zero-order chi connectivity index (χ0) is 13.0. The summed E-state index contributed by atoms with van der Waals surface area (Å²) in [6.45, 7) is 0. The lowest BCUT2D eigenvalue weighted by Gasteiger charge is -2.07. The van der Waals surface area contributed by atoms with Crippen LogP contribution in [0.3, 0.4) is 0 Å². The molecule has 0 atom stereocenters. The number of nitrogens with zero attached hydrogens (tertiary/aromatic N) is 1. The third-order valence-electron chi connectivity index (χ3n) is 2.29. The number of pyridine rings is 1. The van der Waals surface area contributed by atoms with Gasteiger partial charge in [-0.05, 0) is 24.3 Å². The largest absolute Gasteiger partial charge is 0.324 e. The fourth-order valence-corrected chi connectivity index (χ4v) is 1.60. The molecular formula is C13H10Cl2N2O. The highest BCUT2D eigenvalue weighted by atomic mass is 35.5. The number of benzene rings is 1. The Morgan fingerprint density at radius 2 is 2.00 bits per heavy atom. The molecule has 2 rings (SSSR count). The summed E-state index contributed by atoms with van der Waals surface area (Å²) in [6.07, 6.45) is 1.72. The molecule has 0 saturated carbocycles. The van der Waals surface area contributed by atoms with Crippen molar-refractivity contribution in [2.45, 2.75) is 4.84 Å². The van der Waals surface area contributed by atoms with E-state index in [-0.39, 0.29) is 0 Å². The molecule has 2 aromatic rings. The Kier molecular flexibility index (Phi) is 4.18. The number of anilines is 1. The number of nitrogens with one attached hydrogen (secondary N) is 1. The highest BCUT2D eigenvalue weighted by Crippen LogP contribution is 2.20. The van der Waals surface area contributed by atoms with Gasteiger partial charge in [-0.1, -0.05) is 41.4 Å². The number of hydrogen-bond acceptors (Lipinski definition) is 2. The molecule has 0 spiro atoms. The van der Waals surface area contributed by atoms with E-state index in [1.807, 2.05) is 36.4 Å². The van der Waals surface area contributed by atoms with E-state index < -0.39 is 10.7 Å². The molecule has 0 fully saturated rings. The van der Waals surface area contributed by atoms with Crippen LogP contribution in [0.5, 0.6) is 0 Å². The Bertz CT molecular complexity index is 544. The smallest absolute Gasteiger partial charge is 0.257 e. The van der Waals surface area contributed by atoms with Gasteiger partial charge in [0.1, 0.15) is 0 Å². The lowest BCUT2D eigenvalue weighted by Crippen LogP contribution is -2.18. The average molecular weight is 281 g/mol. The van der Waals surface area contributed by atoms with E-state index >= 15 is 0 Å². The van der Waals surface area contributed by atoms with E-state index in [4.69, 9.17) is 23.2 Å².